The molecule has 1 unspecified atom stereocenters. The first-order valence-corrected chi connectivity index (χ1v) is 8.31. The van der Waals surface area contributed by atoms with Crippen LogP contribution in [0.25, 0.3) is 0 Å². The van der Waals surface area contributed by atoms with Crippen molar-refractivity contribution in [3.8, 4) is 0 Å². The zero-order chi connectivity index (χ0) is 14.2. The summed E-state index contributed by atoms with van der Waals surface area (Å²) < 4.78 is 0. The highest BCUT2D eigenvalue weighted by Crippen LogP contribution is 2.41. The molecule has 3 aliphatic rings. The minimum absolute atomic E-state index is 0.331. The number of aromatic amines is 1. The fraction of sp³-hybridized carbons (Fsp3) is 0.647. The monoisotopic (exact) mass is 285 g/mol. The molecule has 1 saturated carbocycles. The van der Waals surface area contributed by atoms with Gasteiger partial charge in [-0.2, -0.15) is 5.10 Å². The number of carbonyl (C=O) groups excluding carboxylic acids is 1. The Kier molecular flexibility index (Phi) is 3.32. The molecule has 1 aliphatic heterocycles. The number of rotatable bonds is 3. The number of fused-ring (bicyclic) bond motifs is 1. The third-order valence-corrected chi connectivity index (χ3v) is 5.11. The van der Waals surface area contributed by atoms with Crippen LogP contribution in [-0.4, -0.2) is 34.1 Å². The van der Waals surface area contributed by atoms with Crippen LogP contribution in [0.1, 0.15) is 55.0 Å². The molecule has 1 aromatic rings. The molecule has 2 heterocycles. The fourth-order valence-corrected chi connectivity index (χ4v) is 3.67. The van der Waals surface area contributed by atoms with E-state index in [1.54, 1.807) is 0 Å². The molecular formula is C17H23N3O. The second kappa shape index (κ2) is 5.32. The van der Waals surface area contributed by atoms with Gasteiger partial charge in [0.2, 0.25) is 5.91 Å². The number of nitrogens with zero attached hydrogens (tertiary/aromatic N) is 2. The smallest absolute Gasteiger partial charge is 0.223 e. The Morgan fingerprint density at radius 2 is 2.14 bits per heavy atom. The van der Waals surface area contributed by atoms with E-state index in [0.717, 1.165) is 38.8 Å². The number of aromatic nitrogens is 2. The molecule has 1 N–H and O–H groups in total. The van der Waals surface area contributed by atoms with E-state index >= 15 is 0 Å². The summed E-state index contributed by atoms with van der Waals surface area (Å²) in [6.07, 6.45) is 11.9. The molecule has 0 radical (unpaired) electrons. The largest absolute Gasteiger partial charge is 0.342 e. The van der Waals surface area contributed by atoms with Crippen molar-refractivity contribution >= 4 is 5.91 Å². The molecule has 2 aliphatic carbocycles. The molecule has 4 nitrogen and oxygen atoms in total. The third-order valence-electron chi connectivity index (χ3n) is 5.11. The molecule has 1 fully saturated rings. The zero-order valence-corrected chi connectivity index (χ0v) is 12.5. The van der Waals surface area contributed by atoms with Crippen LogP contribution >= 0.6 is 0 Å². The van der Waals surface area contributed by atoms with Gasteiger partial charge in [-0.25, -0.2) is 0 Å². The lowest BCUT2D eigenvalue weighted by Gasteiger charge is -2.21. The van der Waals surface area contributed by atoms with Gasteiger partial charge in [-0.05, 0) is 43.6 Å². The predicted octanol–water partition coefficient (Wildman–Crippen LogP) is 2.57. The Morgan fingerprint density at radius 3 is 2.90 bits per heavy atom. The Hall–Kier alpha value is -1.58. The minimum Gasteiger partial charge on any atom is -0.342 e. The SMILES string of the molecule is O=C(CC1C=CCC1)N1CCc2[nH]nc(C3CC3)c2CC1. The molecule has 0 spiro atoms. The van der Waals surface area contributed by atoms with Gasteiger partial charge in [-0.15, -0.1) is 0 Å². The molecule has 1 amide bonds. The maximum atomic E-state index is 12.5. The maximum Gasteiger partial charge on any atom is 0.223 e. The van der Waals surface area contributed by atoms with E-state index in [0.29, 0.717) is 24.2 Å². The lowest BCUT2D eigenvalue weighted by molar-refractivity contribution is -0.131. The third kappa shape index (κ3) is 2.63. The maximum absolute atomic E-state index is 12.5. The first-order chi connectivity index (χ1) is 10.3. The van der Waals surface area contributed by atoms with Crippen LogP contribution in [0, 0.1) is 5.92 Å². The van der Waals surface area contributed by atoms with Crippen molar-refractivity contribution in [1.29, 1.82) is 0 Å². The average Bonchev–Trinajstić information content (AvgIpc) is 3.13. The Labute approximate surface area is 125 Å². The Bertz CT molecular complexity index is 571. The van der Waals surface area contributed by atoms with E-state index in [9.17, 15) is 4.79 Å². The van der Waals surface area contributed by atoms with E-state index in [4.69, 9.17) is 0 Å². The van der Waals surface area contributed by atoms with E-state index in [2.05, 4.69) is 27.2 Å². The number of hydrogen-bond acceptors (Lipinski definition) is 2. The van der Waals surface area contributed by atoms with E-state index in [1.807, 2.05) is 0 Å². The van der Waals surface area contributed by atoms with Crippen LogP contribution in [0.3, 0.4) is 0 Å². The van der Waals surface area contributed by atoms with Gasteiger partial charge in [-0.3, -0.25) is 9.89 Å². The van der Waals surface area contributed by atoms with Crippen molar-refractivity contribution in [1.82, 2.24) is 15.1 Å². The molecule has 0 saturated heterocycles. The number of allylic oxidation sites excluding steroid dienone is 2. The van der Waals surface area contributed by atoms with Crippen molar-refractivity contribution in [3.05, 3.63) is 29.1 Å². The molecule has 4 heteroatoms. The van der Waals surface area contributed by atoms with Crippen molar-refractivity contribution in [2.24, 2.45) is 5.92 Å². The number of carbonyl (C=O) groups is 1. The highest BCUT2D eigenvalue weighted by Gasteiger charge is 2.31. The Morgan fingerprint density at radius 1 is 1.29 bits per heavy atom. The average molecular weight is 285 g/mol. The van der Waals surface area contributed by atoms with Gasteiger partial charge in [0.1, 0.15) is 0 Å². The lowest BCUT2D eigenvalue weighted by atomic mass is 10.0. The number of nitrogens with one attached hydrogen (secondary N) is 1. The molecule has 0 bridgehead atoms. The second-order valence-corrected chi connectivity index (χ2v) is 6.69. The van der Waals surface area contributed by atoms with Gasteiger partial charge >= 0.3 is 0 Å². The topological polar surface area (TPSA) is 49.0 Å². The molecule has 112 valence electrons. The number of amides is 1. The molecular weight excluding hydrogens is 262 g/mol. The van der Waals surface area contributed by atoms with E-state index < -0.39 is 0 Å². The van der Waals surface area contributed by atoms with Crippen LogP contribution in [0.15, 0.2) is 12.2 Å². The van der Waals surface area contributed by atoms with E-state index in [1.165, 1.54) is 29.8 Å². The fourth-order valence-electron chi connectivity index (χ4n) is 3.67. The summed E-state index contributed by atoms with van der Waals surface area (Å²) in [5.74, 6) is 1.50. The predicted molar refractivity (Wildman–Crippen MR) is 81.0 cm³/mol. The van der Waals surface area contributed by atoms with E-state index in [-0.39, 0.29) is 0 Å². The van der Waals surface area contributed by atoms with Crippen molar-refractivity contribution in [3.63, 3.8) is 0 Å². The van der Waals surface area contributed by atoms with Crippen molar-refractivity contribution in [2.75, 3.05) is 13.1 Å². The summed E-state index contributed by atoms with van der Waals surface area (Å²) >= 11 is 0. The molecule has 21 heavy (non-hydrogen) atoms. The molecule has 4 rings (SSSR count). The molecule has 1 aromatic heterocycles. The first kappa shape index (κ1) is 13.1. The normalized spacial score (nSPS) is 25.0. The van der Waals surface area contributed by atoms with Crippen molar-refractivity contribution in [2.45, 2.75) is 50.9 Å². The van der Waals surface area contributed by atoms with Crippen LogP contribution in [0.5, 0.6) is 0 Å². The number of H-pyrrole nitrogens is 1. The van der Waals surface area contributed by atoms with Gasteiger partial charge in [0, 0.05) is 37.5 Å². The minimum atomic E-state index is 0.331. The summed E-state index contributed by atoms with van der Waals surface area (Å²) in [6, 6.07) is 0. The first-order valence-electron chi connectivity index (χ1n) is 8.31. The van der Waals surface area contributed by atoms with Crippen LogP contribution in [0.4, 0.5) is 0 Å². The van der Waals surface area contributed by atoms with Gasteiger partial charge in [-0.1, -0.05) is 12.2 Å². The molecule has 0 aromatic carbocycles. The quantitative estimate of drug-likeness (QED) is 0.868. The second-order valence-electron chi connectivity index (χ2n) is 6.69. The van der Waals surface area contributed by atoms with Gasteiger partial charge < -0.3 is 4.90 Å². The zero-order valence-electron chi connectivity index (χ0n) is 12.5. The van der Waals surface area contributed by atoms with Crippen LogP contribution in [0.2, 0.25) is 0 Å². The van der Waals surface area contributed by atoms with Crippen LogP contribution in [-0.2, 0) is 17.6 Å². The number of hydrogen-bond donors (Lipinski definition) is 1. The highest BCUT2D eigenvalue weighted by molar-refractivity contribution is 5.77. The summed E-state index contributed by atoms with van der Waals surface area (Å²) in [5, 5.41) is 7.74. The Balaban J connectivity index is 1.41. The van der Waals surface area contributed by atoms with Crippen molar-refractivity contribution < 1.29 is 4.79 Å². The summed E-state index contributed by atoms with van der Waals surface area (Å²) in [5.41, 5.74) is 3.97. The lowest BCUT2D eigenvalue weighted by Crippen LogP contribution is -2.34. The summed E-state index contributed by atoms with van der Waals surface area (Å²) in [7, 11) is 0. The summed E-state index contributed by atoms with van der Waals surface area (Å²) in [4.78, 5) is 14.5. The summed E-state index contributed by atoms with van der Waals surface area (Å²) in [6.45, 7) is 1.70. The van der Waals surface area contributed by atoms with Gasteiger partial charge in [0.05, 0.1) is 5.69 Å². The highest BCUT2D eigenvalue weighted by atomic mass is 16.2. The van der Waals surface area contributed by atoms with Gasteiger partial charge in [0.15, 0.2) is 0 Å². The molecule has 1 atom stereocenters. The van der Waals surface area contributed by atoms with Gasteiger partial charge in [0.25, 0.3) is 0 Å². The standard InChI is InChI=1S/C17H23N3O/c21-16(11-12-3-1-2-4-12)20-9-7-14-15(8-10-20)18-19-17(14)13-5-6-13/h1,3,12-13H,2,4-11H2,(H,18,19). The van der Waals surface area contributed by atoms with Crippen LogP contribution < -0.4 is 0 Å².